The Bertz CT molecular complexity index is 652. The van der Waals surface area contributed by atoms with Gasteiger partial charge in [-0.05, 0) is 43.9 Å². The Morgan fingerprint density at radius 2 is 1.96 bits per heavy atom. The van der Waals surface area contributed by atoms with Crippen LogP contribution in [0, 0.1) is 0 Å². The van der Waals surface area contributed by atoms with Crippen molar-refractivity contribution in [2.24, 2.45) is 0 Å². The lowest BCUT2D eigenvalue weighted by Crippen LogP contribution is -2.50. The molecule has 23 heavy (non-hydrogen) atoms. The first-order valence-electron chi connectivity index (χ1n) is 8.64. The summed E-state index contributed by atoms with van der Waals surface area (Å²) in [6.45, 7) is 0.831. The molecule has 1 saturated carbocycles. The van der Waals surface area contributed by atoms with Gasteiger partial charge in [0, 0.05) is 25.2 Å². The second kappa shape index (κ2) is 5.55. The lowest BCUT2D eigenvalue weighted by Gasteiger charge is -2.40. The zero-order chi connectivity index (χ0) is 16.0. The number of fused-ring (bicyclic) bond motifs is 2. The average Bonchev–Trinajstić information content (AvgIpc) is 3.23. The highest BCUT2D eigenvalue weighted by atomic mass is 16.2. The van der Waals surface area contributed by atoms with E-state index in [9.17, 15) is 9.59 Å². The van der Waals surface area contributed by atoms with E-state index >= 15 is 0 Å². The first kappa shape index (κ1) is 14.5. The standard InChI is InChI=1S/C18H23N3O2/c1-20-15-11-12(17(22)19-13-5-2-3-6-13)8-9-14(15)18(23)21-10-4-7-16(20)21/h8-9,11,13,16H,2-7,10H2,1H3,(H,19,22). The number of anilines is 1. The molecule has 2 heterocycles. The number of hydrogen-bond donors (Lipinski definition) is 1. The highest BCUT2D eigenvalue weighted by molar-refractivity contribution is 6.04. The molecule has 0 aromatic heterocycles. The van der Waals surface area contributed by atoms with Gasteiger partial charge in [-0.1, -0.05) is 12.8 Å². The molecule has 5 nitrogen and oxygen atoms in total. The van der Waals surface area contributed by atoms with Crippen LogP contribution in [0.2, 0.25) is 0 Å². The number of nitrogens with one attached hydrogen (secondary N) is 1. The van der Waals surface area contributed by atoms with Crippen molar-refractivity contribution in [2.45, 2.75) is 50.7 Å². The second-order valence-corrected chi connectivity index (χ2v) is 6.92. The summed E-state index contributed by atoms with van der Waals surface area (Å²) in [5.41, 5.74) is 2.25. The number of hydrogen-bond acceptors (Lipinski definition) is 3. The van der Waals surface area contributed by atoms with E-state index in [1.165, 1.54) is 12.8 Å². The number of carbonyl (C=O) groups excluding carboxylic acids is 2. The molecule has 4 rings (SSSR count). The predicted octanol–water partition coefficient (Wildman–Crippen LogP) is 2.37. The van der Waals surface area contributed by atoms with Crippen molar-refractivity contribution >= 4 is 17.5 Å². The molecule has 0 bridgehead atoms. The van der Waals surface area contributed by atoms with Gasteiger partial charge >= 0.3 is 0 Å². The molecule has 1 aromatic rings. The van der Waals surface area contributed by atoms with Crippen LogP contribution in [0.5, 0.6) is 0 Å². The molecular weight excluding hydrogens is 290 g/mol. The Labute approximate surface area is 136 Å². The third-order valence-corrected chi connectivity index (χ3v) is 5.49. The van der Waals surface area contributed by atoms with Gasteiger partial charge in [-0.15, -0.1) is 0 Å². The molecule has 2 fully saturated rings. The third kappa shape index (κ3) is 2.38. The maximum atomic E-state index is 12.6. The molecule has 0 radical (unpaired) electrons. The molecule has 1 atom stereocenters. The topological polar surface area (TPSA) is 52.7 Å². The van der Waals surface area contributed by atoms with Crippen LogP contribution < -0.4 is 10.2 Å². The van der Waals surface area contributed by atoms with E-state index < -0.39 is 0 Å². The van der Waals surface area contributed by atoms with Crippen LogP contribution >= 0.6 is 0 Å². The van der Waals surface area contributed by atoms with Gasteiger partial charge in [-0.25, -0.2) is 0 Å². The molecular formula is C18H23N3O2. The minimum Gasteiger partial charge on any atom is -0.354 e. The molecule has 2 aliphatic heterocycles. The molecule has 0 spiro atoms. The summed E-state index contributed by atoms with van der Waals surface area (Å²) in [5.74, 6) is 0.0813. The van der Waals surface area contributed by atoms with Gasteiger partial charge < -0.3 is 15.1 Å². The Hall–Kier alpha value is -2.04. The van der Waals surface area contributed by atoms with Gasteiger partial charge in [0.1, 0.15) is 6.17 Å². The van der Waals surface area contributed by atoms with Crippen LogP contribution in [0.1, 0.15) is 59.2 Å². The minimum atomic E-state index is -0.0191. The van der Waals surface area contributed by atoms with E-state index in [1.54, 1.807) is 6.07 Å². The maximum absolute atomic E-state index is 12.6. The highest BCUT2D eigenvalue weighted by Crippen LogP contribution is 2.35. The zero-order valence-electron chi connectivity index (χ0n) is 13.5. The van der Waals surface area contributed by atoms with Gasteiger partial charge in [0.25, 0.3) is 11.8 Å². The van der Waals surface area contributed by atoms with E-state index in [0.717, 1.165) is 37.9 Å². The summed E-state index contributed by atoms with van der Waals surface area (Å²) in [6, 6.07) is 5.79. The normalized spacial score (nSPS) is 23.9. The molecule has 1 unspecified atom stereocenters. The Kier molecular flexibility index (Phi) is 3.51. The minimum absolute atomic E-state index is 0.0191. The molecule has 1 aliphatic carbocycles. The van der Waals surface area contributed by atoms with E-state index in [1.807, 2.05) is 24.1 Å². The van der Waals surface area contributed by atoms with Crippen LogP contribution in [0.15, 0.2) is 18.2 Å². The zero-order valence-corrected chi connectivity index (χ0v) is 13.5. The SMILES string of the molecule is CN1c2cc(C(=O)NC3CCCC3)ccc2C(=O)N2CCCC21. The van der Waals surface area contributed by atoms with Crippen LogP contribution in [-0.4, -0.2) is 42.5 Å². The van der Waals surface area contributed by atoms with Crippen LogP contribution in [0.3, 0.4) is 0 Å². The Morgan fingerprint density at radius 3 is 2.74 bits per heavy atom. The smallest absolute Gasteiger partial charge is 0.257 e. The molecule has 5 heteroatoms. The largest absolute Gasteiger partial charge is 0.354 e. The molecule has 2 amide bonds. The summed E-state index contributed by atoms with van der Waals surface area (Å²) in [6.07, 6.45) is 6.73. The van der Waals surface area contributed by atoms with E-state index in [-0.39, 0.29) is 18.0 Å². The highest BCUT2D eigenvalue weighted by Gasteiger charge is 2.38. The summed E-state index contributed by atoms with van der Waals surface area (Å²) in [7, 11) is 2.02. The first-order chi connectivity index (χ1) is 11.1. The average molecular weight is 313 g/mol. The van der Waals surface area contributed by atoms with Crippen molar-refractivity contribution in [3.05, 3.63) is 29.3 Å². The molecule has 122 valence electrons. The third-order valence-electron chi connectivity index (χ3n) is 5.49. The predicted molar refractivity (Wildman–Crippen MR) is 88.6 cm³/mol. The van der Waals surface area contributed by atoms with Gasteiger partial charge in [0.15, 0.2) is 0 Å². The summed E-state index contributed by atoms with van der Waals surface area (Å²) < 4.78 is 0. The van der Waals surface area contributed by atoms with E-state index in [0.29, 0.717) is 17.2 Å². The fourth-order valence-electron chi connectivity index (χ4n) is 4.19. The van der Waals surface area contributed by atoms with Crippen molar-refractivity contribution in [3.8, 4) is 0 Å². The van der Waals surface area contributed by atoms with Crippen molar-refractivity contribution in [1.29, 1.82) is 0 Å². The lowest BCUT2D eigenvalue weighted by atomic mass is 10.0. The first-order valence-corrected chi connectivity index (χ1v) is 8.64. The number of carbonyl (C=O) groups is 2. The quantitative estimate of drug-likeness (QED) is 0.912. The summed E-state index contributed by atoms with van der Waals surface area (Å²) in [4.78, 5) is 29.2. The van der Waals surface area contributed by atoms with Gasteiger partial charge in [-0.3, -0.25) is 9.59 Å². The number of nitrogens with zero attached hydrogens (tertiary/aromatic N) is 2. The molecule has 3 aliphatic rings. The number of benzene rings is 1. The van der Waals surface area contributed by atoms with Crippen molar-refractivity contribution in [1.82, 2.24) is 10.2 Å². The van der Waals surface area contributed by atoms with E-state index in [2.05, 4.69) is 10.2 Å². The summed E-state index contributed by atoms with van der Waals surface area (Å²) >= 11 is 0. The van der Waals surface area contributed by atoms with E-state index in [4.69, 9.17) is 0 Å². The lowest BCUT2D eigenvalue weighted by molar-refractivity contribution is 0.0719. The van der Waals surface area contributed by atoms with Gasteiger partial charge in [0.2, 0.25) is 0 Å². The van der Waals surface area contributed by atoms with Crippen LogP contribution in [0.4, 0.5) is 5.69 Å². The fourth-order valence-corrected chi connectivity index (χ4v) is 4.19. The summed E-state index contributed by atoms with van der Waals surface area (Å²) in [5, 5.41) is 3.12. The van der Waals surface area contributed by atoms with Crippen LogP contribution in [-0.2, 0) is 0 Å². The molecule has 1 aromatic carbocycles. The Balaban J connectivity index is 1.61. The molecule has 1 saturated heterocycles. The van der Waals surface area contributed by atoms with Crippen molar-refractivity contribution in [3.63, 3.8) is 0 Å². The van der Waals surface area contributed by atoms with Gasteiger partial charge in [-0.2, -0.15) is 0 Å². The van der Waals surface area contributed by atoms with Crippen molar-refractivity contribution in [2.75, 3.05) is 18.5 Å². The Morgan fingerprint density at radius 1 is 1.17 bits per heavy atom. The van der Waals surface area contributed by atoms with Crippen molar-refractivity contribution < 1.29 is 9.59 Å². The fraction of sp³-hybridized carbons (Fsp3) is 0.556. The number of amides is 2. The van der Waals surface area contributed by atoms with Gasteiger partial charge in [0.05, 0.1) is 11.3 Å². The maximum Gasteiger partial charge on any atom is 0.257 e. The second-order valence-electron chi connectivity index (χ2n) is 6.92. The molecule has 1 N–H and O–H groups in total. The monoisotopic (exact) mass is 313 g/mol. The number of rotatable bonds is 2. The van der Waals surface area contributed by atoms with Crippen LogP contribution in [0.25, 0.3) is 0 Å².